The highest BCUT2D eigenvalue weighted by molar-refractivity contribution is 9.10. The first-order valence-electron chi connectivity index (χ1n) is 8.32. The number of nitrogens with one attached hydrogen (secondary N) is 1. The van der Waals surface area contributed by atoms with E-state index in [0.717, 1.165) is 47.0 Å². The maximum Gasteiger partial charge on any atom is 0.272 e. The molecule has 0 radical (unpaired) electrons. The van der Waals surface area contributed by atoms with E-state index in [1.54, 1.807) is 12.3 Å². The van der Waals surface area contributed by atoms with Crippen molar-refractivity contribution in [2.24, 2.45) is 0 Å². The molecule has 3 aromatic rings. The van der Waals surface area contributed by atoms with Crippen LogP contribution in [0.15, 0.2) is 45.5 Å². The van der Waals surface area contributed by atoms with E-state index in [2.05, 4.69) is 26.2 Å². The summed E-state index contributed by atoms with van der Waals surface area (Å²) in [5.74, 6) is 0.598. The lowest BCUT2D eigenvalue weighted by Crippen LogP contribution is -2.28. The number of pyridine rings is 1. The van der Waals surface area contributed by atoms with Crippen molar-refractivity contribution in [3.8, 4) is 0 Å². The maximum absolute atomic E-state index is 12.7. The quantitative estimate of drug-likeness (QED) is 0.681. The van der Waals surface area contributed by atoms with E-state index in [0.29, 0.717) is 17.1 Å². The predicted octanol–water partition coefficient (Wildman–Crippen LogP) is 4.88. The lowest BCUT2D eigenvalue weighted by Gasteiger charge is -2.16. The molecule has 0 saturated carbocycles. The zero-order valence-corrected chi connectivity index (χ0v) is 15.5. The molecule has 0 spiro atoms. The van der Waals surface area contributed by atoms with Crippen molar-refractivity contribution in [2.45, 2.75) is 19.8 Å². The third kappa shape index (κ3) is 3.14. The monoisotopic (exact) mass is 399 g/mol. The number of halogens is 1. The number of nitrogens with zero attached hydrogens (tertiary/aromatic N) is 2. The fourth-order valence-corrected chi connectivity index (χ4v) is 3.36. The Labute approximate surface area is 154 Å². The molecule has 1 fully saturated rings. The van der Waals surface area contributed by atoms with E-state index in [1.807, 2.05) is 36.1 Å². The van der Waals surface area contributed by atoms with Gasteiger partial charge >= 0.3 is 0 Å². The van der Waals surface area contributed by atoms with Crippen LogP contribution >= 0.6 is 15.9 Å². The fourth-order valence-electron chi connectivity index (χ4n) is 3.11. The second-order valence-electron chi connectivity index (χ2n) is 6.28. The van der Waals surface area contributed by atoms with Crippen molar-refractivity contribution in [1.82, 2.24) is 9.88 Å². The summed E-state index contributed by atoms with van der Waals surface area (Å²) in [6.45, 7) is 3.63. The van der Waals surface area contributed by atoms with Crippen LogP contribution < -0.4 is 5.32 Å². The summed E-state index contributed by atoms with van der Waals surface area (Å²) < 4.78 is 6.59. The molecule has 2 aromatic heterocycles. The highest BCUT2D eigenvalue weighted by Crippen LogP contribution is 2.29. The largest absolute Gasteiger partial charge is 0.464 e. The van der Waals surface area contributed by atoms with Crippen LogP contribution in [0.3, 0.4) is 0 Å². The zero-order valence-electron chi connectivity index (χ0n) is 13.9. The highest BCUT2D eigenvalue weighted by Gasteiger charge is 2.22. The maximum atomic E-state index is 12.7. The topological polar surface area (TPSA) is 58.4 Å². The van der Waals surface area contributed by atoms with Crippen molar-refractivity contribution in [1.29, 1.82) is 0 Å². The van der Waals surface area contributed by atoms with Crippen LogP contribution in [0.25, 0.3) is 11.0 Å². The van der Waals surface area contributed by atoms with Gasteiger partial charge in [0.05, 0.1) is 11.6 Å². The zero-order chi connectivity index (χ0) is 17.4. The van der Waals surface area contributed by atoms with Crippen molar-refractivity contribution in [3.05, 3.63) is 52.3 Å². The molecule has 0 aliphatic carbocycles. The lowest BCUT2D eigenvalue weighted by atomic mass is 10.2. The molecule has 0 atom stereocenters. The van der Waals surface area contributed by atoms with Crippen LogP contribution in [0.4, 0.5) is 11.5 Å². The average molecular weight is 400 g/mol. The second-order valence-corrected chi connectivity index (χ2v) is 7.13. The number of likely N-dealkylation sites (tertiary alicyclic amines) is 1. The summed E-state index contributed by atoms with van der Waals surface area (Å²) in [6.07, 6.45) is 3.73. The molecule has 3 heterocycles. The van der Waals surface area contributed by atoms with Crippen molar-refractivity contribution >= 4 is 44.3 Å². The van der Waals surface area contributed by atoms with E-state index in [4.69, 9.17) is 4.42 Å². The number of benzene rings is 1. The third-order valence-electron chi connectivity index (χ3n) is 4.48. The van der Waals surface area contributed by atoms with Gasteiger partial charge in [0.1, 0.15) is 17.1 Å². The molecule has 1 aliphatic rings. The Morgan fingerprint density at radius 2 is 2.04 bits per heavy atom. The molecule has 1 N–H and O–H groups in total. The SMILES string of the molecule is Cc1cc(Nc2nc(C(=O)N3CCCC3)cc3occc23)ccc1Br. The number of amides is 1. The Hall–Kier alpha value is -2.34. The molecule has 1 saturated heterocycles. The van der Waals surface area contributed by atoms with Crippen LogP contribution in [0.2, 0.25) is 0 Å². The number of aromatic nitrogens is 1. The molecule has 1 amide bonds. The molecule has 5 nitrogen and oxygen atoms in total. The first-order valence-corrected chi connectivity index (χ1v) is 9.12. The number of anilines is 2. The minimum atomic E-state index is -0.0363. The van der Waals surface area contributed by atoms with Crippen molar-refractivity contribution < 1.29 is 9.21 Å². The lowest BCUT2D eigenvalue weighted by molar-refractivity contribution is 0.0787. The van der Waals surface area contributed by atoms with Gasteiger partial charge in [-0.3, -0.25) is 4.79 Å². The van der Waals surface area contributed by atoms with Gasteiger partial charge in [-0.05, 0) is 49.6 Å². The van der Waals surface area contributed by atoms with Gasteiger partial charge in [-0.15, -0.1) is 0 Å². The van der Waals surface area contributed by atoms with E-state index < -0.39 is 0 Å². The Morgan fingerprint density at radius 3 is 2.80 bits per heavy atom. The van der Waals surface area contributed by atoms with E-state index in [1.165, 1.54) is 0 Å². The van der Waals surface area contributed by atoms with Gasteiger partial charge < -0.3 is 14.6 Å². The second kappa shape index (κ2) is 6.52. The number of hydrogen-bond acceptors (Lipinski definition) is 4. The molecule has 0 unspecified atom stereocenters. The van der Waals surface area contributed by atoms with Crippen LogP contribution in [-0.4, -0.2) is 28.9 Å². The van der Waals surface area contributed by atoms with E-state index >= 15 is 0 Å². The Bertz CT molecular complexity index is 945. The first kappa shape index (κ1) is 16.1. The Morgan fingerprint density at radius 1 is 1.24 bits per heavy atom. The van der Waals surface area contributed by atoms with Gasteiger partial charge in [-0.1, -0.05) is 15.9 Å². The minimum Gasteiger partial charge on any atom is -0.464 e. The number of carbonyl (C=O) groups is 1. The fraction of sp³-hybridized carbons (Fsp3) is 0.263. The van der Waals surface area contributed by atoms with Crippen LogP contribution in [0.1, 0.15) is 28.9 Å². The standard InChI is InChI=1S/C19H18BrN3O2/c1-12-10-13(4-5-15(12)20)21-18-14-6-9-25-17(14)11-16(22-18)19(24)23-7-2-3-8-23/h4-6,9-11H,2-3,7-8H2,1H3,(H,21,22). The van der Waals surface area contributed by atoms with Crippen LogP contribution in [0, 0.1) is 6.92 Å². The number of furan rings is 1. The predicted molar refractivity (Wildman–Crippen MR) is 101 cm³/mol. The summed E-state index contributed by atoms with van der Waals surface area (Å²) >= 11 is 3.51. The minimum absolute atomic E-state index is 0.0363. The van der Waals surface area contributed by atoms with Crippen molar-refractivity contribution in [3.63, 3.8) is 0 Å². The number of aryl methyl sites for hydroxylation is 1. The smallest absolute Gasteiger partial charge is 0.272 e. The highest BCUT2D eigenvalue weighted by atomic mass is 79.9. The van der Waals surface area contributed by atoms with Crippen LogP contribution in [-0.2, 0) is 0 Å². The normalized spacial score (nSPS) is 14.2. The van der Waals surface area contributed by atoms with Gasteiger partial charge in [-0.2, -0.15) is 0 Å². The number of carbonyl (C=O) groups excluding carboxylic acids is 1. The molecule has 1 aromatic carbocycles. The summed E-state index contributed by atoms with van der Waals surface area (Å²) in [5, 5.41) is 4.18. The molecule has 6 heteroatoms. The summed E-state index contributed by atoms with van der Waals surface area (Å²) in [7, 11) is 0. The Balaban J connectivity index is 1.72. The molecular formula is C19H18BrN3O2. The number of rotatable bonds is 3. The molecule has 1 aliphatic heterocycles. The van der Waals surface area contributed by atoms with E-state index in [9.17, 15) is 4.79 Å². The summed E-state index contributed by atoms with van der Waals surface area (Å²) in [5.41, 5.74) is 3.12. The first-order chi connectivity index (χ1) is 12.1. The summed E-state index contributed by atoms with van der Waals surface area (Å²) in [4.78, 5) is 19.1. The molecule has 0 bridgehead atoms. The van der Waals surface area contributed by atoms with Crippen molar-refractivity contribution in [2.75, 3.05) is 18.4 Å². The summed E-state index contributed by atoms with van der Waals surface area (Å²) in [6, 6.07) is 9.59. The molecule has 25 heavy (non-hydrogen) atoms. The Kier molecular flexibility index (Phi) is 4.21. The number of hydrogen-bond donors (Lipinski definition) is 1. The van der Waals surface area contributed by atoms with E-state index in [-0.39, 0.29) is 5.91 Å². The molecular weight excluding hydrogens is 382 g/mol. The molecule has 4 rings (SSSR count). The van der Waals surface area contributed by atoms with Gasteiger partial charge in [0.15, 0.2) is 0 Å². The van der Waals surface area contributed by atoms with Gasteiger partial charge in [0.25, 0.3) is 5.91 Å². The van der Waals surface area contributed by atoms with Crippen LogP contribution in [0.5, 0.6) is 0 Å². The third-order valence-corrected chi connectivity index (χ3v) is 5.37. The average Bonchev–Trinajstić information content (AvgIpc) is 3.28. The number of fused-ring (bicyclic) bond motifs is 1. The van der Waals surface area contributed by atoms with Gasteiger partial charge in [0, 0.05) is 29.3 Å². The van der Waals surface area contributed by atoms with Gasteiger partial charge in [-0.25, -0.2) is 4.98 Å². The van der Waals surface area contributed by atoms with Gasteiger partial charge in [0.2, 0.25) is 0 Å². The molecule has 128 valence electrons.